The molecule has 1 atom stereocenters. The van der Waals surface area contributed by atoms with E-state index < -0.39 is 16.1 Å². The lowest BCUT2D eigenvalue weighted by atomic mass is 10.3. The van der Waals surface area contributed by atoms with E-state index >= 15 is 0 Å². The van der Waals surface area contributed by atoms with Crippen LogP contribution in [0.2, 0.25) is 0 Å². The number of benzene rings is 1. The van der Waals surface area contributed by atoms with Crippen LogP contribution in [0.15, 0.2) is 35.2 Å². The predicted octanol–water partition coefficient (Wildman–Crippen LogP) is 0.554. The number of ether oxygens (including phenoxy) is 1. The number of methoxy groups -OCH3 is 1. The van der Waals surface area contributed by atoms with Gasteiger partial charge in [0.25, 0.3) is 5.91 Å². The van der Waals surface area contributed by atoms with Gasteiger partial charge in [0.05, 0.1) is 4.90 Å². The molecule has 0 radical (unpaired) electrons. The molecule has 0 spiro atoms. The minimum atomic E-state index is -3.47. The Hall–Kier alpha value is -1.44. The van der Waals surface area contributed by atoms with E-state index in [4.69, 9.17) is 4.74 Å². The summed E-state index contributed by atoms with van der Waals surface area (Å²) in [6.07, 6.45) is -0.498. The van der Waals surface area contributed by atoms with Crippen molar-refractivity contribution >= 4 is 15.9 Å². The van der Waals surface area contributed by atoms with Gasteiger partial charge in [-0.3, -0.25) is 4.79 Å². The monoisotopic (exact) mass is 312 g/mol. The summed E-state index contributed by atoms with van der Waals surface area (Å²) in [5, 5.41) is 0. The summed E-state index contributed by atoms with van der Waals surface area (Å²) in [4.78, 5) is 13.9. The number of sulfonamides is 1. The number of amides is 1. The normalized spacial score (nSPS) is 18.5. The molecule has 0 N–H and O–H groups in total. The molecule has 1 unspecified atom stereocenters. The number of carbonyl (C=O) groups is 1. The number of rotatable bonds is 4. The summed E-state index contributed by atoms with van der Waals surface area (Å²) in [7, 11) is -1.99. The van der Waals surface area contributed by atoms with Crippen LogP contribution in [0.25, 0.3) is 0 Å². The van der Waals surface area contributed by atoms with Gasteiger partial charge < -0.3 is 9.64 Å². The van der Waals surface area contributed by atoms with Crippen molar-refractivity contribution in [2.45, 2.75) is 17.9 Å². The molecule has 116 valence electrons. The van der Waals surface area contributed by atoms with Gasteiger partial charge in [0.1, 0.15) is 6.10 Å². The van der Waals surface area contributed by atoms with Crippen LogP contribution in [0.4, 0.5) is 0 Å². The van der Waals surface area contributed by atoms with Crippen molar-refractivity contribution in [1.82, 2.24) is 9.21 Å². The minimum Gasteiger partial charge on any atom is -0.372 e. The number of hydrogen-bond acceptors (Lipinski definition) is 4. The fourth-order valence-corrected chi connectivity index (χ4v) is 3.69. The van der Waals surface area contributed by atoms with Crippen LogP contribution >= 0.6 is 0 Å². The Morgan fingerprint density at radius 3 is 2.24 bits per heavy atom. The maximum Gasteiger partial charge on any atom is 0.251 e. The van der Waals surface area contributed by atoms with Gasteiger partial charge in [0.15, 0.2) is 0 Å². The van der Waals surface area contributed by atoms with Crippen molar-refractivity contribution < 1.29 is 17.9 Å². The van der Waals surface area contributed by atoms with E-state index in [1.54, 1.807) is 42.2 Å². The Labute approximate surface area is 125 Å². The summed E-state index contributed by atoms with van der Waals surface area (Å²) in [5.74, 6) is -0.103. The van der Waals surface area contributed by atoms with E-state index in [-0.39, 0.29) is 10.8 Å². The van der Waals surface area contributed by atoms with E-state index in [0.29, 0.717) is 26.2 Å². The van der Waals surface area contributed by atoms with Crippen LogP contribution in [0.1, 0.15) is 6.92 Å². The second-order valence-corrected chi connectivity index (χ2v) is 6.86. The Kier molecular flexibility index (Phi) is 4.97. The molecule has 0 aliphatic carbocycles. The van der Waals surface area contributed by atoms with Crippen molar-refractivity contribution in [3.05, 3.63) is 30.3 Å². The van der Waals surface area contributed by atoms with Crippen molar-refractivity contribution in [3.63, 3.8) is 0 Å². The highest BCUT2D eigenvalue weighted by molar-refractivity contribution is 7.89. The number of piperazine rings is 1. The number of hydrogen-bond donors (Lipinski definition) is 0. The fraction of sp³-hybridized carbons (Fsp3) is 0.500. The minimum absolute atomic E-state index is 0.103. The average molecular weight is 312 g/mol. The molecule has 1 aromatic rings. The van der Waals surface area contributed by atoms with Gasteiger partial charge in [-0.25, -0.2) is 8.42 Å². The van der Waals surface area contributed by atoms with E-state index in [2.05, 4.69) is 0 Å². The van der Waals surface area contributed by atoms with Crippen molar-refractivity contribution in [2.24, 2.45) is 0 Å². The van der Waals surface area contributed by atoms with Gasteiger partial charge in [-0.2, -0.15) is 4.31 Å². The molecule has 1 saturated heterocycles. The largest absolute Gasteiger partial charge is 0.372 e. The van der Waals surface area contributed by atoms with Crippen LogP contribution in [0.5, 0.6) is 0 Å². The topological polar surface area (TPSA) is 66.9 Å². The molecular weight excluding hydrogens is 292 g/mol. The summed E-state index contributed by atoms with van der Waals surface area (Å²) < 4.78 is 31.3. The Morgan fingerprint density at radius 2 is 1.71 bits per heavy atom. The summed E-state index contributed by atoms with van der Waals surface area (Å²) in [6, 6.07) is 8.35. The Bertz CT molecular complexity index is 580. The van der Waals surface area contributed by atoms with Gasteiger partial charge >= 0.3 is 0 Å². The maximum atomic E-state index is 12.5. The van der Waals surface area contributed by atoms with Crippen LogP contribution in [-0.2, 0) is 19.6 Å². The molecule has 1 amide bonds. The molecule has 0 saturated carbocycles. The summed E-state index contributed by atoms with van der Waals surface area (Å²) in [5.41, 5.74) is 0. The van der Waals surface area contributed by atoms with Gasteiger partial charge in [-0.1, -0.05) is 18.2 Å². The zero-order valence-electron chi connectivity index (χ0n) is 12.2. The highest BCUT2D eigenvalue weighted by atomic mass is 32.2. The third kappa shape index (κ3) is 3.42. The molecular formula is C14H20N2O4S. The zero-order valence-corrected chi connectivity index (χ0v) is 13.0. The summed E-state index contributed by atoms with van der Waals surface area (Å²) in [6.45, 7) is 3.07. The van der Waals surface area contributed by atoms with Crippen LogP contribution in [0, 0.1) is 0 Å². The fourth-order valence-electron chi connectivity index (χ4n) is 2.25. The molecule has 0 aromatic heterocycles. The lowest BCUT2D eigenvalue weighted by Crippen LogP contribution is -2.52. The lowest BCUT2D eigenvalue weighted by Gasteiger charge is -2.35. The van der Waals surface area contributed by atoms with Gasteiger partial charge in [0, 0.05) is 33.3 Å². The highest BCUT2D eigenvalue weighted by Crippen LogP contribution is 2.17. The molecule has 1 fully saturated rings. The molecule has 7 heteroatoms. The van der Waals surface area contributed by atoms with E-state index in [1.165, 1.54) is 11.4 Å². The molecule has 6 nitrogen and oxygen atoms in total. The molecule has 1 aliphatic rings. The molecule has 21 heavy (non-hydrogen) atoms. The molecule has 1 heterocycles. The first kappa shape index (κ1) is 15.9. The van der Waals surface area contributed by atoms with Crippen molar-refractivity contribution in [3.8, 4) is 0 Å². The van der Waals surface area contributed by atoms with Crippen molar-refractivity contribution in [2.75, 3.05) is 33.3 Å². The Morgan fingerprint density at radius 1 is 1.14 bits per heavy atom. The zero-order chi connectivity index (χ0) is 15.5. The number of carbonyl (C=O) groups excluding carboxylic acids is 1. The van der Waals surface area contributed by atoms with Gasteiger partial charge in [0.2, 0.25) is 10.0 Å². The Balaban J connectivity index is 2.03. The maximum absolute atomic E-state index is 12.5. The second-order valence-electron chi connectivity index (χ2n) is 4.92. The third-order valence-electron chi connectivity index (χ3n) is 3.63. The van der Waals surface area contributed by atoms with E-state index in [0.717, 1.165) is 0 Å². The summed E-state index contributed by atoms with van der Waals surface area (Å²) >= 11 is 0. The molecule has 2 rings (SSSR count). The first-order valence-electron chi connectivity index (χ1n) is 6.83. The van der Waals surface area contributed by atoms with E-state index in [9.17, 15) is 13.2 Å². The van der Waals surface area contributed by atoms with Crippen molar-refractivity contribution in [1.29, 1.82) is 0 Å². The quantitative estimate of drug-likeness (QED) is 0.814. The van der Waals surface area contributed by atoms with E-state index in [1.807, 2.05) is 0 Å². The first-order valence-corrected chi connectivity index (χ1v) is 8.27. The molecule has 1 aliphatic heterocycles. The number of nitrogens with zero attached hydrogens (tertiary/aromatic N) is 2. The standard InChI is InChI=1S/C14H20N2O4S/c1-12(20-2)14(17)15-8-10-16(11-9-15)21(18,19)13-6-4-3-5-7-13/h3-7,12H,8-11H2,1-2H3. The van der Waals surface area contributed by atoms with Gasteiger partial charge in [-0.15, -0.1) is 0 Å². The van der Waals surface area contributed by atoms with Gasteiger partial charge in [-0.05, 0) is 19.1 Å². The SMILES string of the molecule is COC(C)C(=O)N1CCN(S(=O)(=O)c2ccccc2)CC1. The predicted molar refractivity (Wildman–Crippen MR) is 78.3 cm³/mol. The smallest absolute Gasteiger partial charge is 0.251 e. The lowest BCUT2D eigenvalue weighted by molar-refractivity contribution is -0.142. The van der Waals surface area contributed by atoms with Crippen LogP contribution < -0.4 is 0 Å². The van der Waals surface area contributed by atoms with Crippen LogP contribution in [-0.4, -0.2) is 62.9 Å². The molecule has 0 bridgehead atoms. The third-order valence-corrected chi connectivity index (χ3v) is 5.55. The first-order chi connectivity index (χ1) is 9.96. The second kappa shape index (κ2) is 6.55. The highest BCUT2D eigenvalue weighted by Gasteiger charge is 2.31. The van der Waals surface area contributed by atoms with Crippen LogP contribution in [0.3, 0.4) is 0 Å². The average Bonchev–Trinajstić information content (AvgIpc) is 2.54. The molecule has 1 aromatic carbocycles.